The second-order valence-electron chi connectivity index (χ2n) is 5.67. The van der Waals surface area contributed by atoms with E-state index in [0.717, 1.165) is 18.5 Å². The van der Waals surface area contributed by atoms with Crippen LogP contribution in [0.2, 0.25) is 0 Å². The van der Waals surface area contributed by atoms with Gasteiger partial charge in [0.05, 0.1) is 20.3 Å². The van der Waals surface area contributed by atoms with Crippen molar-refractivity contribution in [1.82, 2.24) is 4.90 Å². The highest BCUT2D eigenvalue weighted by Crippen LogP contribution is 2.34. The molecule has 2 heterocycles. The summed E-state index contributed by atoms with van der Waals surface area (Å²) in [5, 5.41) is 2.10. The van der Waals surface area contributed by atoms with E-state index in [0.29, 0.717) is 11.5 Å². The summed E-state index contributed by atoms with van der Waals surface area (Å²) in [6, 6.07) is 7.86. The smallest absolute Gasteiger partial charge is 0.247 e. The van der Waals surface area contributed by atoms with Crippen LogP contribution in [-0.2, 0) is 11.2 Å². The molecule has 0 saturated heterocycles. The Morgan fingerprint density at radius 1 is 1.29 bits per heavy atom. The summed E-state index contributed by atoms with van der Waals surface area (Å²) in [4.78, 5) is 15.9. The number of amides is 1. The van der Waals surface area contributed by atoms with Gasteiger partial charge in [-0.2, -0.15) is 0 Å². The molecule has 3 rings (SSSR count). The molecule has 0 N–H and O–H groups in total. The Morgan fingerprint density at radius 2 is 2.12 bits per heavy atom. The number of thiophene rings is 1. The maximum atomic E-state index is 12.6. The van der Waals surface area contributed by atoms with E-state index in [4.69, 9.17) is 9.47 Å². The summed E-state index contributed by atoms with van der Waals surface area (Å²) in [5.41, 5.74) is 2.10. The molecule has 5 heteroatoms. The molecule has 1 amide bonds. The van der Waals surface area contributed by atoms with Gasteiger partial charge in [-0.05, 0) is 42.5 Å². The lowest BCUT2D eigenvalue weighted by atomic mass is 10.0. The predicted octanol–water partition coefficient (Wildman–Crippen LogP) is 3.92. The van der Waals surface area contributed by atoms with Crippen molar-refractivity contribution in [3.63, 3.8) is 0 Å². The van der Waals surface area contributed by atoms with Crippen molar-refractivity contribution in [2.75, 3.05) is 20.8 Å². The van der Waals surface area contributed by atoms with Crippen LogP contribution in [0.4, 0.5) is 0 Å². The van der Waals surface area contributed by atoms with Crippen molar-refractivity contribution in [2.24, 2.45) is 0 Å². The van der Waals surface area contributed by atoms with E-state index in [1.54, 1.807) is 37.7 Å². The zero-order chi connectivity index (χ0) is 17.1. The topological polar surface area (TPSA) is 38.8 Å². The Balaban J connectivity index is 1.79. The van der Waals surface area contributed by atoms with E-state index in [1.807, 2.05) is 23.1 Å². The molecular formula is C19H21NO3S. The van der Waals surface area contributed by atoms with Gasteiger partial charge in [0.15, 0.2) is 11.5 Å². The molecule has 1 aliphatic rings. The number of hydrogen-bond donors (Lipinski definition) is 0. The fourth-order valence-electron chi connectivity index (χ4n) is 3.11. The van der Waals surface area contributed by atoms with Gasteiger partial charge in [0, 0.05) is 23.1 Å². The molecule has 24 heavy (non-hydrogen) atoms. The van der Waals surface area contributed by atoms with Gasteiger partial charge >= 0.3 is 0 Å². The maximum absolute atomic E-state index is 12.6. The highest BCUT2D eigenvalue weighted by molar-refractivity contribution is 7.10. The van der Waals surface area contributed by atoms with Gasteiger partial charge in [0.25, 0.3) is 0 Å². The standard InChI is InChI=1S/C19H21NO3S/c1-13-15-10-12-24-17(15)9-11-20(13)18(21)8-7-14-5-4-6-16(22-2)19(14)23-3/h4-8,10,12-13H,9,11H2,1-3H3/b8-7+/t13-/m0/s1. The fourth-order valence-corrected chi connectivity index (χ4v) is 4.07. The first kappa shape index (κ1) is 16.6. The van der Waals surface area contributed by atoms with Gasteiger partial charge in [-0.1, -0.05) is 12.1 Å². The molecule has 4 nitrogen and oxygen atoms in total. The van der Waals surface area contributed by atoms with Crippen molar-refractivity contribution in [1.29, 1.82) is 0 Å². The quantitative estimate of drug-likeness (QED) is 0.790. The van der Waals surface area contributed by atoms with Crippen molar-refractivity contribution >= 4 is 23.3 Å². The third kappa shape index (κ3) is 3.04. The van der Waals surface area contributed by atoms with Gasteiger partial charge in [0.2, 0.25) is 5.91 Å². The molecule has 0 fully saturated rings. The van der Waals surface area contributed by atoms with Crippen LogP contribution in [-0.4, -0.2) is 31.6 Å². The van der Waals surface area contributed by atoms with E-state index in [2.05, 4.69) is 18.4 Å². The summed E-state index contributed by atoms with van der Waals surface area (Å²) < 4.78 is 10.7. The molecule has 0 bridgehead atoms. The molecule has 1 aromatic carbocycles. The highest BCUT2D eigenvalue weighted by atomic mass is 32.1. The molecule has 0 saturated carbocycles. The first-order valence-electron chi connectivity index (χ1n) is 7.91. The molecule has 1 aliphatic heterocycles. The molecule has 1 aromatic heterocycles. The first-order chi connectivity index (χ1) is 11.7. The molecule has 126 valence electrons. The summed E-state index contributed by atoms with van der Waals surface area (Å²) in [5.74, 6) is 1.31. The van der Waals surface area contributed by atoms with Gasteiger partial charge in [-0.25, -0.2) is 0 Å². The maximum Gasteiger partial charge on any atom is 0.247 e. The number of ether oxygens (including phenoxy) is 2. The SMILES string of the molecule is COc1cccc(/C=C/C(=O)N2CCc3sccc3[C@@H]2C)c1OC. The average molecular weight is 343 g/mol. The third-order valence-corrected chi connectivity index (χ3v) is 5.40. The number of hydrogen-bond acceptors (Lipinski definition) is 4. The van der Waals surface area contributed by atoms with Gasteiger partial charge < -0.3 is 14.4 Å². The number of methoxy groups -OCH3 is 2. The van der Waals surface area contributed by atoms with Crippen LogP contribution in [0.1, 0.15) is 29.0 Å². The number of fused-ring (bicyclic) bond motifs is 1. The Morgan fingerprint density at radius 3 is 2.88 bits per heavy atom. The lowest BCUT2D eigenvalue weighted by molar-refractivity contribution is -0.128. The lowest BCUT2D eigenvalue weighted by Gasteiger charge is -2.32. The minimum atomic E-state index is 0.0178. The molecule has 1 atom stereocenters. The third-order valence-electron chi connectivity index (χ3n) is 4.40. The molecule has 2 aromatic rings. The first-order valence-corrected chi connectivity index (χ1v) is 8.79. The normalized spacial score (nSPS) is 17.0. The van der Waals surface area contributed by atoms with E-state index in [9.17, 15) is 4.79 Å². The fraction of sp³-hybridized carbons (Fsp3) is 0.316. The largest absolute Gasteiger partial charge is 0.493 e. The predicted molar refractivity (Wildman–Crippen MR) is 96.7 cm³/mol. The average Bonchev–Trinajstić information content (AvgIpc) is 3.09. The summed E-state index contributed by atoms with van der Waals surface area (Å²) in [6.45, 7) is 2.84. The van der Waals surface area contributed by atoms with Crippen molar-refractivity contribution in [2.45, 2.75) is 19.4 Å². The molecular weight excluding hydrogens is 322 g/mol. The van der Waals surface area contributed by atoms with Crippen LogP contribution in [0.3, 0.4) is 0 Å². The Bertz CT molecular complexity index is 766. The van der Waals surface area contributed by atoms with Gasteiger partial charge in [-0.3, -0.25) is 4.79 Å². The highest BCUT2D eigenvalue weighted by Gasteiger charge is 2.27. The van der Waals surface area contributed by atoms with Crippen LogP contribution in [0.15, 0.2) is 35.7 Å². The van der Waals surface area contributed by atoms with Crippen LogP contribution in [0.25, 0.3) is 6.08 Å². The van der Waals surface area contributed by atoms with Gasteiger partial charge in [-0.15, -0.1) is 11.3 Å². The van der Waals surface area contributed by atoms with Crippen LogP contribution >= 0.6 is 11.3 Å². The van der Waals surface area contributed by atoms with E-state index >= 15 is 0 Å². The second kappa shape index (κ2) is 7.09. The number of nitrogens with zero attached hydrogens (tertiary/aromatic N) is 1. The van der Waals surface area contributed by atoms with Gasteiger partial charge in [0.1, 0.15) is 0 Å². The van der Waals surface area contributed by atoms with Crippen LogP contribution < -0.4 is 9.47 Å². The van der Waals surface area contributed by atoms with Crippen molar-refractivity contribution in [3.05, 3.63) is 51.7 Å². The monoisotopic (exact) mass is 343 g/mol. The van der Waals surface area contributed by atoms with Crippen molar-refractivity contribution in [3.8, 4) is 11.5 Å². The van der Waals surface area contributed by atoms with E-state index < -0.39 is 0 Å². The number of rotatable bonds is 4. The summed E-state index contributed by atoms with van der Waals surface area (Å²) in [7, 11) is 3.20. The number of benzene rings is 1. The number of para-hydroxylation sites is 1. The summed E-state index contributed by atoms with van der Waals surface area (Å²) >= 11 is 1.78. The summed E-state index contributed by atoms with van der Waals surface area (Å²) in [6.07, 6.45) is 4.34. The number of carbonyl (C=O) groups excluding carboxylic acids is 1. The van der Waals surface area contributed by atoms with E-state index in [-0.39, 0.29) is 11.9 Å². The number of carbonyl (C=O) groups is 1. The van der Waals surface area contributed by atoms with Crippen LogP contribution in [0.5, 0.6) is 11.5 Å². The Kier molecular flexibility index (Phi) is 4.90. The minimum Gasteiger partial charge on any atom is -0.493 e. The Hall–Kier alpha value is -2.27. The van der Waals surface area contributed by atoms with Crippen LogP contribution in [0, 0.1) is 0 Å². The zero-order valence-electron chi connectivity index (χ0n) is 14.1. The molecule has 0 unspecified atom stereocenters. The molecule has 0 aliphatic carbocycles. The minimum absolute atomic E-state index is 0.0178. The van der Waals surface area contributed by atoms with E-state index in [1.165, 1.54) is 10.4 Å². The molecule has 0 radical (unpaired) electrons. The zero-order valence-corrected chi connectivity index (χ0v) is 14.9. The molecule has 0 spiro atoms. The van der Waals surface area contributed by atoms with Crippen molar-refractivity contribution < 1.29 is 14.3 Å². The lowest BCUT2D eigenvalue weighted by Crippen LogP contribution is -2.37. The second-order valence-corrected chi connectivity index (χ2v) is 6.67. The Labute approximate surface area is 146 Å².